The van der Waals surface area contributed by atoms with Crippen LogP contribution in [0.2, 0.25) is 0 Å². The zero-order valence-corrected chi connectivity index (χ0v) is 11.3. The lowest BCUT2D eigenvalue weighted by molar-refractivity contribution is 0.415. The first-order valence-corrected chi connectivity index (χ1v) is 6.32. The second-order valence-corrected chi connectivity index (χ2v) is 4.66. The standard InChI is InChI=1S/C15H13F2N3O/c1-21-10-3-5-13-14(7-10)20(15(18)19-13)8-9-2-4-11(16)12(17)6-9/h2-7H,8H2,1H3,(H2,18,19). The Bertz CT molecular complexity index is 814. The molecule has 0 atom stereocenters. The summed E-state index contributed by atoms with van der Waals surface area (Å²) in [6.07, 6.45) is 0. The number of hydrogen-bond acceptors (Lipinski definition) is 3. The maximum atomic E-state index is 13.3. The van der Waals surface area contributed by atoms with Crippen LogP contribution >= 0.6 is 0 Å². The number of imidazole rings is 1. The molecule has 1 aromatic heterocycles. The van der Waals surface area contributed by atoms with Gasteiger partial charge in [0, 0.05) is 6.07 Å². The third-order valence-electron chi connectivity index (χ3n) is 3.31. The van der Waals surface area contributed by atoms with Gasteiger partial charge in [0.1, 0.15) is 5.75 Å². The highest BCUT2D eigenvalue weighted by Crippen LogP contribution is 2.24. The molecule has 0 bridgehead atoms. The van der Waals surface area contributed by atoms with Crippen LogP contribution in [0.25, 0.3) is 11.0 Å². The predicted octanol–water partition coefficient (Wildman–Crippen LogP) is 2.95. The van der Waals surface area contributed by atoms with E-state index in [1.54, 1.807) is 29.9 Å². The SMILES string of the molecule is COc1ccc2nc(N)n(Cc3ccc(F)c(F)c3)c2c1. The number of nitrogen functional groups attached to an aromatic ring is 1. The average molecular weight is 289 g/mol. The Labute approximate surface area is 119 Å². The largest absolute Gasteiger partial charge is 0.497 e. The molecular formula is C15H13F2N3O. The molecule has 3 rings (SSSR count). The van der Waals surface area contributed by atoms with Crippen molar-refractivity contribution in [2.24, 2.45) is 0 Å². The Morgan fingerprint density at radius 1 is 1.14 bits per heavy atom. The van der Waals surface area contributed by atoms with Crippen molar-refractivity contribution in [2.75, 3.05) is 12.8 Å². The van der Waals surface area contributed by atoms with E-state index in [0.717, 1.165) is 23.2 Å². The van der Waals surface area contributed by atoms with E-state index < -0.39 is 11.6 Å². The lowest BCUT2D eigenvalue weighted by Crippen LogP contribution is -2.05. The average Bonchev–Trinajstić information content (AvgIpc) is 2.78. The highest BCUT2D eigenvalue weighted by molar-refractivity contribution is 5.80. The molecule has 21 heavy (non-hydrogen) atoms. The number of hydrogen-bond donors (Lipinski definition) is 1. The highest BCUT2D eigenvalue weighted by atomic mass is 19.2. The van der Waals surface area contributed by atoms with Gasteiger partial charge in [-0.15, -0.1) is 0 Å². The van der Waals surface area contributed by atoms with Gasteiger partial charge in [0.25, 0.3) is 0 Å². The molecule has 4 nitrogen and oxygen atoms in total. The Balaban J connectivity index is 2.06. The fraction of sp³-hybridized carbons (Fsp3) is 0.133. The molecule has 6 heteroatoms. The summed E-state index contributed by atoms with van der Waals surface area (Å²) in [6, 6.07) is 9.16. The van der Waals surface area contributed by atoms with E-state index in [4.69, 9.17) is 10.5 Å². The van der Waals surface area contributed by atoms with Crippen LogP contribution in [0, 0.1) is 11.6 Å². The minimum atomic E-state index is -0.881. The summed E-state index contributed by atoms with van der Waals surface area (Å²) in [5, 5.41) is 0. The van der Waals surface area contributed by atoms with Gasteiger partial charge < -0.3 is 15.0 Å². The van der Waals surface area contributed by atoms with Gasteiger partial charge in [-0.05, 0) is 29.8 Å². The van der Waals surface area contributed by atoms with Crippen molar-refractivity contribution in [1.82, 2.24) is 9.55 Å². The van der Waals surface area contributed by atoms with E-state index in [2.05, 4.69) is 4.98 Å². The molecule has 0 radical (unpaired) electrons. The molecule has 0 saturated carbocycles. The van der Waals surface area contributed by atoms with Crippen LogP contribution < -0.4 is 10.5 Å². The van der Waals surface area contributed by atoms with Crippen LogP contribution in [-0.4, -0.2) is 16.7 Å². The van der Waals surface area contributed by atoms with Gasteiger partial charge in [-0.3, -0.25) is 0 Å². The summed E-state index contributed by atoms with van der Waals surface area (Å²) in [4.78, 5) is 4.24. The van der Waals surface area contributed by atoms with Crippen LogP contribution in [0.5, 0.6) is 5.75 Å². The van der Waals surface area contributed by atoms with E-state index >= 15 is 0 Å². The van der Waals surface area contributed by atoms with Crippen LogP contribution in [-0.2, 0) is 6.54 Å². The molecule has 0 aliphatic rings. The van der Waals surface area contributed by atoms with E-state index in [9.17, 15) is 8.78 Å². The normalized spacial score (nSPS) is 11.0. The lowest BCUT2D eigenvalue weighted by atomic mass is 10.2. The Hall–Kier alpha value is -2.63. The first-order chi connectivity index (χ1) is 10.1. The molecule has 0 fully saturated rings. The van der Waals surface area contributed by atoms with Gasteiger partial charge in [-0.1, -0.05) is 6.07 Å². The molecular weight excluding hydrogens is 276 g/mol. The molecule has 108 valence electrons. The molecule has 0 amide bonds. The number of ether oxygens (including phenoxy) is 1. The van der Waals surface area contributed by atoms with Crippen molar-refractivity contribution in [3.63, 3.8) is 0 Å². The minimum Gasteiger partial charge on any atom is -0.497 e. The van der Waals surface area contributed by atoms with E-state index in [0.29, 0.717) is 23.8 Å². The van der Waals surface area contributed by atoms with Gasteiger partial charge in [0.15, 0.2) is 11.6 Å². The summed E-state index contributed by atoms with van der Waals surface area (Å²) >= 11 is 0. The van der Waals surface area contributed by atoms with Crippen molar-refractivity contribution in [1.29, 1.82) is 0 Å². The first-order valence-electron chi connectivity index (χ1n) is 6.32. The predicted molar refractivity (Wildman–Crippen MR) is 76.2 cm³/mol. The third kappa shape index (κ3) is 2.40. The number of methoxy groups -OCH3 is 1. The van der Waals surface area contributed by atoms with Gasteiger partial charge in [-0.25, -0.2) is 13.8 Å². The van der Waals surface area contributed by atoms with Crippen molar-refractivity contribution in [3.05, 3.63) is 53.6 Å². The smallest absolute Gasteiger partial charge is 0.201 e. The Kier molecular flexibility index (Phi) is 3.21. The maximum Gasteiger partial charge on any atom is 0.201 e. The lowest BCUT2D eigenvalue weighted by Gasteiger charge is -2.08. The molecule has 0 unspecified atom stereocenters. The molecule has 0 aliphatic heterocycles. The molecule has 0 saturated heterocycles. The van der Waals surface area contributed by atoms with Crippen molar-refractivity contribution in [2.45, 2.75) is 6.54 Å². The Morgan fingerprint density at radius 2 is 1.95 bits per heavy atom. The topological polar surface area (TPSA) is 53.1 Å². The van der Waals surface area contributed by atoms with Gasteiger partial charge >= 0.3 is 0 Å². The molecule has 3 aromatic rings. The monoisotopic (exact) mass is 289 g/mol. The maximum absolute atomic E-state index is 13.3. The van der Waals surface area contributed by atoms with Crippen molar-refractivity contribution < 1.29 is 13.5 Å². The van der Waals surface area contributed by atoms with Crippen LogP contribution in [0.3, 0.4) is 0 Å². The van der Waals surface area contributed by atoms with Crippen molar-refractivity contribution in [3.8, 4) is 5.75 Å². The second-order valence-electron chi connectivity index (χ2n) is 4.66. The minimum absolute atomic E-state index is 0.298. The summed E-state index contributed by atoms with van der Waals surface area (Å²) in [6.45, 7) is 0.298. The zero-order chi connectivity index (χ0) is 15.0. The number of anilines is 1. The number of nitrogens with two attached hydrogens (primary N) is 1. The number of benzene rings is 2. The first kappa shape index (κ1) is 13.4. The third-order valence-corrected chi connectivity index (χ3v) is 3.31. The van der Waals surface area contributed by atoms with Gasteiger partial charge in [-0.2, -0.15) is 0 Å². The number of aromatic nitrogens is 2. The van der Waals surface area contributed by atoms with E-state index in [1.807, 2.05) is 0 Å². The quantitative estimate of drug-likeness (QED) is 0.806. The van der Waals surface area contributed by atoms with Gasteiger partial charge in [0.05, 0.1) is 24.7 Å². The van der Waals surface area contributed by atoms with Crippen molar-refractivity contribution >= 4 is 17.0 Å². The summed E-state index contributed by atoms with van der Waals surface area (Å²) in [5.74, 6) is -0.770. The molecule has 0 aliphatic carbocycles. The van der Waals surface area contributed by atoms with E-state index in [-0.39, 0.29) is 0 Å². The summed E-state index contributed by atoms with van der Waals surface area (Å²) in [5.41, 5.74) is 8.00. The molecule has 2 aromatic carbocycles. The number of halogens is 2. The zero-order valence-electron chi connectivity index (χ0n) is 11.3. The summed E-state index contributed by atoms with van der Waals surface area (Å²) < 4.78 is 33.2. The molecule has 2 N–H and O–H groups in total. The van der Waals surface area contributed by atoms with Gasteiger partial charge in [0.2, 0.25) is 5.95 Å². The molecule has 0 spiro atoms. The van der Waals surface area contributed by atoms with Crippen LogP contribution in [0.15, 0.2) is 36.4 Å². The fourth-order valence-electron chi connectivity index (χ4n) is 2.23. The second kappa shape index (κ2) is 5.05. The summed E-state index contributed by atoms with van der Waals surface area (Å²) in [7, 11) is 1.57. The fourth-order valence-corrected chi connectivity index (χ4v) is 2.23. The van der Waals surface area contributed by atoms with Crippen LogP contribution in [0.1, 0.15) is 5.56 Å². The molecule has 1 heterocycles. The highest BCUT2D eigenvalue weighted by Gasteiger charge is 2.11. The number of rotatable bonds is 3. The number of nitrogens with zero attached hydrogens (tertiary/aromatic N) is 2. The Morgan fingerprint density at radius 3 is 2.67 bits per heavy atom. The van der Waals surface area contributed by atoms with Crippen LogP contribution in [0.4, 0.5) is 14.7 Å². The van der Waals surface area contributed by atoms with E-state index in [1.165, 1.54) is 6.07 Å². The number of fused-ring (bicyclic) bond motifs is 1.